The quantitative estimate of drug-likeness (QED) is 0.558. The highest BCUT2D eigenvalue weighted by Crippen LogP contribution is 2.31. The number of amides is 1. The Morgan fingerprint density at radius 2 is 1.88 bits per heavy atom. The molecule has 1 amide bonds. The van der Waals surface area contributed by atoms with Crippen molar-refractivity contribution in [1.82, 2.24) is 15.1 Å². The molecule has 0 bridgehead atoms. The van der Waals surface area contributed by atoms with Crippen molar-refractivity contribution in [2.75, 3.05) is 32.0 Å². The van der Waals surface area contributed by atoms with Gasteiger partial charge in [0.15, 0.2) is 5.96 Å². The number of aliphatic imine (C=N–C) groups is 1. The van der Waals surface area contributed by atoms with E-state index >= 15 is 0 Å². The van der Waals surface area contributed by atoms with Crippen molar-refractivity contribution in [2.45, 2.75) is 45.3 Å². The molecule has 2 atom stereocenters. The molecule has 2 aliphatic heterocycles. The molecule has 2 saturated heterocycles. The van der Waals surface area contributed by atoms with Crippen LogP contribution in [0.1, 0.15) is 37.3 Å². The summed E-state index contributed by atoms with van der Waals surface area (Å²) in [4.78, 5) is 21.0. The third-order valence-electron chi connectivity index (χ3n) is 6.62. The minimum atomic E-state index is -0.0532. The van der Waals surface area contributed by atoms with Gasteiger partial charge in [-0.15, -0.1) is 0 Å². The van der Waals surface area contributed by atoms with Gasteiger partial charge < -0.3 is 15.5 Å². The van der Waals surface area contributed by atoms with E-state index in [0.717, 1.165) is 36.8 Å². The first-order valence-electron chi connectivity index (χ1n) is 11.7. The van der Waals surface area contributed by atoms with Gasteiger partial charge in [0, 0.05) is 51.9 Å². The van der Waals surface area contributed by atoms with Gasteiger partial charge >= 0.3 is 0 Å². The lowest BCUT2D eigenvalue weighted by atomic mass is 9.83. The molecule has 2 aromatic carbocycles. The summed E-state index contributed by atoms with van der Waals surface area (Å²) in [6, 6.07) is 19.5. The summed E-state index contributed by atoms with van der Waals surface area (Å²) in [5.41, 5.74) is 3.36. The second-order valence-corrected chi connectivity index (χ2v) is 8.94. The standard InChI is InChI=1S/C26H35N5O/c1-20(32)29-24-12-6-10-22(16-24)17-28-26(27-2)31-15-13-25-23(19-31)11-7-14-30(25)18-21-8-4-3-5-9-21/h3-6,8-10,12,16,23,25H,7,11,13-15,17-19H2,1-2H3,(H,27,28)(H,29,32). The van der Waals surface area contributed by atoms with Crippen molar-refractivity contribution in [3.05, 3.63) is 65.7 Å². The molecule has 0 aliphatic carbocycles. The molecular formula is C26H35N5O. The number of benzene rings is 2. The zero-order chi connectivity index (χ0) is 22.3. The van der Waals surface area contributed by atoms with Crippen LogP contribution < -0.4 is 10.6 Å². The van der Waals surface area contributed by atoms with E-state index in [9.17, 15) is 4.79 Å². The summed E-state index contributed by atoms with van der Waals surface area (Å²) in [7, 11) is 1.87. The number of likely N-dealkylation sites (tertiary alicyclic amines) is 2. The number of nitrogens with one attached hydrogen (secondary N) is 2. The molecule has 2 fully saturated rings. The lowest BCUT2D eigenvalue weighted by Gasteiger charge is -2.48. The summed E-state index contributed by atoms with van der Waals surface area (Å²) in [5.74, 6) is 1.60. The maximum atomic E-state index is 11.3. The Morgan fingerprint density at radius 3 is 2.66 bits per heavy atom. The Morgan fingerprint density at radius 1 is 1.06 bits per heavy atom. The summed E-state index contributed by atoms with van der Waals surface area (Å²) in [5, 5.41) is 6.38. The first-order valence-corrected chi connectivity index (χ1v) is 11.7. The SMILES string of the molecule is CN=C(NCc1cccc(NC(C)=O)c1)N1CCC2C(CCCN2Cc2ccccc2)C1. The lowest BCUT2D eigenvalue weighted by molar-refractivity contribution is -0.114. The number of piperidine rings is 2. The Kier molecular flexibility index (Phi) is 7.43. The average Bonchev–Trinajstić information content (AvgIpc) is 2.80. The summed E-state index contributed by atoms with van der Waals surface area (Å²) in [6.07, 6.45) is 3.74. The molecule has 170 valence electrons. The molecule has 2 aliphatic rings. The number of nitrogens with zero attached hydrogens (tertiary/aromatic N) is 3. The van der Waals surface area contributed by atoms with Crippen LogP contribution in [0.15, 0.2) is 59.6 Å². The van der Waals surface area contributed by atoms with E-state index in [2.05, 4.69) is 61.8 Å². The van der Waals surface area contributed by atoms with Crippen molar-refractivity contribution >= 4 is 17.6 Å². The molecule has 4 rings (SSSR count). The monoisotopic (exact) mass is 433 g/mol. The first kappa shape index (κ1) is 22.3. The van der Waals surface area contributed by atoms with E-state index < -0.39 is 0 Å². The number of carbonyl (C=O) groups excluding carboxylic acids is 1. The number of hydrogen-bond donors (Lipinski definition) is 2. The minimum Gasteiger partial charge on any atom is -0.352 e. The first-order chi connectivity index (χ1) is 15.6. The van der Waals surface area contributed by atoms with Crippen LogP contribution in [0.3, 0.4) is 0 Å². The fraction of sp³-hybridized carbons (Fsp3) is 0.462. The number of hydrogen-bond acceptors (Lipinski definition) is 3. The van der Waals surface area contributed by atoms with Crippen molar-refractivity contribution in [1.29, 1.82) is 0 Å². The van der Waals surface area contributed by atoms with Gasteiger partial charge in [-0.05, 0) is 55.0 Å². The van der Waals surface area contributed by atoms with Crippen molar-refractivity contribution in [3.8, 4) is 0 Å². The number of guanidine groups is 1. The van der Waals surface area contributed by atoms with E-state index in [1.54, 1.807) is 0 Å². The van der Waals surface area contributed by atoms with E-state index in [1.165, 1.54) is 38.3 Å². The van der Waals surface area contributed by atoms with Crippen molar-refractivity contribution in [2.24, 2.45) is 10.9 Å². The Bertz CT molecular complexity index is 929. The number of fused-ring (bicyclic) bond motifs is 1. The van der Waals surface area contributed by atoms with E-state index in [0.29, 0.717) is 18.5 Å². The Labute approximate surface area is 191 Å². The number of carbonyl (C=O) groups is 1. The van der Waals surface area contributed by atoms with Crippen LogP contribution in [-0.4, -0.2) is 54.4 Å². The number of rotatable bonds is 5. The highest BCUT2D eigenvalue weighted by molar-refractivity contribution is 5.88. The summed E-state index contributed by atoms with van der Waals surface area (Å²) in [6.45, 7) is 6.56. The van der Waals surface area contributed by atoms with Gasteiger partial charge in [0.1, 0.15) is 0 Å². The second-order valence-electron chi connectivity index (χ2n) is 8.94. The largest absolute Gasteiger partial charge is 0.352 e. The fourth-order valence-corrected chi connectivity index (χ4v) is 5.19. The molecule has 6 nitrogen and oxygen atoms in total. The second kappa shape index (κ2) is 10.6. The third kappa shape index (κ3) is 5.68. The van der Waals surface area contributed by atoms with Gasteiger partial charge in [0.2, 0.25) is 5.91 Å². The maximum Gasteiger partial charge on any atom is 0.221 e. The van der Waals surface area contributed by atoms with Crippen LogP contribution in [0.5, 0.6) is 0 Å². The Balaban J connectivity index is 1.34. The van der Waals surface area contributed by atoms with Gasteiger partial charge in [0.05, 0.1) is 0 Å². The molecule has 32 heavy (non-hydrogen) atoms. The topological polar surface area (TPSA) is 60.0 Å². The van der Waals surface area contributed by atoms with Crippen LogP contribution >= 0.6 is 0 Å². The Hall–Kier alpha value is -2.86. The smallest absolute Gasteiger partial charge is 0.221 e. The molecule has 2 N–H and O–H groups in total. The van der Waals surface area contributed by atoms with Crippen molar-refractivity contribution in [3.63, 3.8) is 0 Å². The highest BCUT2D eigenvalue weighted by atomic mass is 16.1. The van der Waals surface area contributed by atoms with Crippen LogP contribution in [-0.2, 0) is 17.9 Å². The van der Waals surface area contributed by atoms with E-state index in [4.69, 9.17) is 0 Å². The number of anilines is 1. The maximum absolute atomic E-state index is 11.3. The zero-order valence-electron chi connectivity index (χ0n) is 19.3. The summed E-state index contributed by atoms with van der Waals surface area (Å²) >= 11 is 0. The predicted molar refractivity (Wildman–Crippen MR) is 130 cm³/mol. The van der Waals surface area contributed by atoms with Crippen LogP contribution in [0.4, 0.5) is 5.69 Å². The van der Waals surface area contributed by atoms with Gasteiger partial charge in [-0.3, -0.25) is 14.7 Å². The van der Waals surface area contributed by atoms with E-state index in [-0.39, 0.29) is 5.91 Å². The molecule has 0 saturated carbocycles. The molecule has 2 heterocycles. The highest BCUT2D eigenvalue weighted by Gasteiger charge is 2.36. The van der Waals surface area contributed by atoms with Crippen LogP contribution in [0, 0.1) is 5.92 Å². The predicted octanol–water partition coefficient (Wildman–Crippen LogP) is 3.71. The third-order valence-corrected chi connectivity index (χ3v) is 6.62. The minimum absolute atomic E-state index is 0.0532. The van der Waals surface area contributed by atoms with Crippen LogP contribution in [0.25, 0.3) is 0 Å². The molecule has 2 aromatic rings. The van der Waals surface area contributed by atoms with Gasteiger partial charge in [0.25, 0.3) is 0 Å². The zero-order valence-corrected chi connectivity index (χ0v) is 19.3. The molecular weight excluding hydrogens is 398 g/mol. The average molecular weight is 434 g/mol. The normalized spacial score (nSPS) is 21.7. The molecule has 6 heteroatoms. The molecule has 0 radical (unpaired) electrons. The summed E-state index contributed by atoms with van der Waals surface area (Å²) < 4.78 is 0. The molecule has 0 spiro atoms. The lowest BCUT2D eigenvalue weighted by Crippen LogP contribution is -2.56. The fourth-order valence-electron chi connectivity index (χ4n) is 5.19. The van der Waals surface area contributed by atoms with E-state index in [1.807, 2.05) is 25.2 Å². The van der Waals surface area contributed by atoms with Gasteiger partial charge in [-0.25, -0.2) is 0 Å². The molecule has 2 unspecified atom stereocenters. The van der Waals surface area contributed by atoms with Crippen molar-refractivity contribution < 1.29 is 4.79 Å². The van der Waals surface area contributed by atoms with Gasteiger partial charge in [-0.1, -0.05) is 42.5 Å². The van der Waals surface area contributed by atoms with Gasteiger partial charge in [-0.2, -0.15) is 0 Å². The molecule has 0 aromatic heterocycles. The van der Waals surface area contributed by atoms with Crippen LogP contribution in [0.2, 0.25) is 0 Å².